The zero-order chi connectivity index (χ0) is 25.9. The van der Waals surface area contributed by atoms with Crippen molar-refractivity contribution in [3.63, 3.8) is 0 Å². The van der Waals surface area contributed by atoms with Crippen molar-refractivity contribution in [2.75, 3.05) is 0 Å². The molecule has 2 aromatic carbocycles. The van der Waals surface area contributed by atoms with Gasteiger partial charge in [0.05, 0.1) is 0 Å². The number of rotatable bonds is 7. The zero-order valence-electron chi connectivity index (χ0n) is 20.2. The van der Waals surface area contributed by atoms with Crippen LogP contribution < -0.4 is 5.32 Å². The maximum atomic E-state index is 12.7. The Morgan fingerprint density at radius 2 is 1.59 bits per heavy atom. The number of carboxylic acids is 1. The molecule has 8 heteroatoms. The molecule has 1 aliphatic rings. The second kappa shape index (κ2) is 11.0. The highest BCUT2D eigenvalue weighted by molar-refractivity contribution is 6.36. The third-order valence-electron chi connectivity index (χ3n) is 7.20. The fourth-order valence-electron chi connectivity index (χ4n) is 5.13. The van der Waals surface area contributed by atoms with Crippen molar-refractivity contribution in [1.82, 2.24) is 14.7 Å². The molecule has 0 aliphatic heterocycles. The van der Waals surface area contributed by atoms with Crippen molar-refractivity contribution in [3.05, 3.63) is 93.9 Å². The summed E-state index contributed by atoms with van der Waals surface area (Å²) in [6.07, 6.45) is 7.97. The first-order chi connectivity index (χ1) is 17.9. The van der Waals surface area contributed by atoms with E-state index in [1.807, 2.05) is 22.7 Å². The van der Waals surface area contributed by atoms with Crippen molar-refractivity contribution in [1.29, 1.82) is 0 Å². The van der Waals surface area contributed by atoms with Crippen LogP contribution in [0.3, 0.4) is 0 Å². The number of hydrogen-bond donors (Lipinski definition) is 2. The number of amides is 1. The molecule has 1 fully saturated rings. The minimum atomic E-state index is -0.697. The number of carbonyl (C=O) groups is 2. The van der Waals surface area contributed by atoms with Gasteiger partial charge in [0.2, 0.25) is 0 Å². The molecule has 0 radical (unpaired) electrons. The van der Waals surface area contributed by atoms with E-state index < -0.39 is 5.97 Å². The summed E-state index contributed by atoms with van der Waals surface area (Å²) in [4.78, 5) is 28.2. The lowest BCUT2D eigenvalue weighted by Crippen LogP contribution is -2.23. The summed E-state index contributed by atoms with van der Waals surface area (Å²) in [6.45, 7) is 0.212. The van der Waals surface area contributed by atoms with Crippen LogP contribution in [0, 0.1) is 5.92 Å². The molecule has 1 aliphatic carbocycles. The van der Waals surface area contributed by atoms with Crippen LogP contribution in [0.5, 0.6) is 0 Å². The summed E-state index contributed by atoms with van der Waals surface area (Å²) in [5.74, 6) is -0.214. The summed E-state index contributed by atoms with van der Waals surface area (Å²) in [5, 5.41) is 12.9. The number of pyridine rings is 1. The van der Waals surface area contributed by atoms with Gasteiger partial charge in [-0.05, 0) is 78.5 Å². The predicted molar refractivity (Wildman–Crippen MR) is 145 cm³/mol. The Balaban J connectivity index is 1.25. The smallest absolute Gasteiger partial charge is 0.303 e. The number of carboxylic acid groups (broad SMARTS) is 1. The number of imidazole rings is 1. The van der Waals surface area contributed by atoms with Crippen molar-refractivity contribution < 1.29 is 14.7 Å². The van der Waals surface area contributed by atoms with Crippen molar-refractivity contribution in [2.24, 2.45) is 5.92 Å². The summed E-state index contributed by atoms with van der Waals surface area (Å²) in [5.41, 5.74) is 5.07. The summed E-state index contributed by atoms with van der Waals surface area (Å²) < 4.78 is 1.85. The van der Waals surface area contributed by atoms with E-state index >= 15 is 0 Å². The first-order valence-electron chi connectivity index (χ1n) is 12.4. The lowest BCUT2D eigenvalue weighted by molar-refractivity contribution is -0.138. The van der Waals surface area contributed by atoms with Crippen LogP contribution in [0.25, 0.3) is 16.8 Å². The maximum Gasteiger partial charge on any atom is 0.303 e. The van der Waals surface area contributed by atoms with Gasteiger partial charge in [-0.15, -0.1) is 0 Å². The molecular weight excluding hydrogens is 509 g/mol. The normalized spacial score (nSPS) is 17.6. The minimum absolute atomic E-state index is 0.212. The van der Waals surface area contributed by atoms with Crippen molar-refractivity contribution in [3.8, 4) is 11.1 Å². The molecule has 0 atom stereocenters. The second-order valence-electron chi connectivity index (χ2n) is 9.63. The Morgan fingerprint density at radius 1 is 0.919 bits per heavy atom. The molecule has 190 valence electrons. The van der Waals surface area contributed by atoms with Crippen molar-refractivity contribution >= 4 is 40.7 Å². The van der Waals surface area contributed by atoms with Gasteiger partial charge in [0.1, 0.15) is 11.3 Å². The van der Waals surface area contributed by atoms with Gasteiger partial charge in [0, 0.05) is 41.0 Å². The van der Waals surface area contributed by atoms with Crippen LogP contribution in [-0.4, -0.2) is 26.4 Å². The molecule has 5 rings (SSSR count). The molecule has 2 N–H and O–H groups in total. The van der Waals surface area contributed by atoms with Crippen LogP contribution in [0.15, 0.2) is 67.0 Å². The molecule has 0 unspecified atom stereocenters. The van der Waals surface area contributed by atoms with Gasteiger partial charge in [-0.25, -0.2) is 4.98 Å². The molecule has 4 aromatic rings. The van der Waals surface area contributed by atoms with Gasteiger partial charge in [-0.3, -0.25) is 9.59 Å². The van der Waals surface area contributed by atoms with E-state index in [-0.39, 0.29) is 18.9 Å². The molecule has 6 nitrogen and oxygen atoms in total. The summed E-state index contributed by atoms with van der Waals surface area (Å²) >= 11 is 12.4. The molecule has 0 spiro atoms. The summed E-state index contributed by atoms with van der Waals surface area (Å²) in [6, 6.07) is 17.7. The third-order valence-corrected chi connectivity index (χ3v) is 7.90. The highest BCUT2D eigenvalue weighted by Gasteiger charge is 2.24. The second-order valence-corrected chi connectivity index (χ2v) is 10.4. The molecular formula is C29H27Cl2N3O3. The molecule has 1 saturated carbocycles. The number of hydrogen-bond acceptors (Lipinski definition) is 3. The van der Waals surface area contributed by atoms with Crippen LogP contribution in [0.2, 0.25) is 10.0 Å². The fraction of sp³-hybridized carbons (Fsp3) is 0.276. The molecule has 1 amide bonds. The fourth-order valence-corrected chi connectivity index (χ4v) is 5.66. The molecule has 2 heterocycles. The summed E-state index contributed by atoms with van der Waals surface area (Å²) in [7, 11) is 0. The predicted octanol–water partition coefficient (Wildman–Crippen LogP) is 6.99. The van der Waals surface area contributed by atoms with Crippen molar-refractivity contribution in [2.45, 2.75) is 44.6 Å². The topological polar surface area (TPSA) is 83.7 Å². The highest BCUT2D eigenvalue weighted by atomic mass is 35.5. The maximum absolute atomic E-state index is 12.7. The van der Waals surface area contributed by atoms with E-state index in [0.29, 0.717) is 38.8 Å². The average Bonchev–Trinajstić information content (AvgIpc) is 3.32. The van der Waals surface area contributed by atoms with Gasteiger partial charge >= 0.3 is 5.97 Å². The van der Waals surface area contributed by atoms with E-state index in [4.69, 9.17) is 28.3 Å². The SMILES string of the molecule is O=C(O)C[C@H]1CC[C@H](c2ccc(-c3ccc4nc(C(=O)NCc5c(Cl)cccc5Cl)cn4c3)cc2)CC1. The molecule has 37 heavy (non-hydrogen) atoms. The van der Waals surface area contributed by atoms with E-state index in [2.05, 4.69) is 34.6 Å². The van der Waals surface area contributed by atoms with Gasteiger partial charge < -0.3 is 14.8 Å². The average molecular weight is 536 g/mol. The van der Waals surface area contributed by atoms with E-state index in [9.17, 15) is 9.59 Å². The minimum Gasteiger partial charge on any atom is -0.481 e. The quantitative estimate of drug-likeness (QED) is 0.267. The Morgan fingerprint density at radius 3 is 2.27 bits per heavy atom. The third kappa shape index (κ3) is 5.81. The Bertz CT molecular complexity index is 1420. The lowest BCUT2D eigenvalue weighted by Gasteiger charge is -2.28. The number of nitrogens with zero attached hydrogens (tertiary/aromatic N) is 2. The number of benzene rings is 2. The Labute approximate surface area is 225 Å². The number of halogens is 2. The first kappa shape index (κ1) is 25.3. The zero-order valence-corrected chi connectivity index (χ0v) is 21.7. The molecule has 0 bridgehead atoms. The first-order valence-corrected chi connectivity index (χ1v) is 13.1. The van der Waals surface area contributed by atoms with E-state index in [0.717, 1.165) is 36.8 Å². The highest BCUT2D eigenvalue weighted by Crippen LogP contribution is 2.37. The van der Waals surface area contributed by atoms with Crippen LogP contribution >= 0.6 is 23.2 Å². The van der Waals surface area contributed by atoms with E-state index in [1.165, 1.54) is 5.56 Å². The molecule has 0 saturated heterocycles. The Kier molecular flexibility index (Phi) is 7.49. The standard InChI is InChI=1S/C29H27Cl2N3O3/c30-24-2-1-3-25(31)23(24)15-32-29(37)26-17-34-16-22(12-13-27(34)33-26)21-10-8-20(9-11-21)19-6-4-18(5-7-19)14-28(35)36/h1-3,8-13,16-19H,4-7,14-15H2,(H,32,37)(H,35,36)/t18-,19-. The largest absolute Gasteiger partial charge is 0.481 e. The number of aliphatic carboxylic acids is 1. The van der Waals surface area contributed by atoms with Crippen LogP contribution in [0.4, 0.5) is 0 Å². The Hall–Kier alpha value is -3.35. The monoisotopic (exact) mass is 535 g/mol. The van der Waals surface area contributed by atoms with Gasteiger partial charge in [-0.2, -0.15) is 0 Å². The number of aromatic nitrogens is 2. The van der Waals surface area contributed by atoms with Gasteiger partial charge in [0.25, 0.3) is 5.91 Å². The van der Waals surface area contributed by atoms with E-state index in [1.54, 1.807) is 24.4 Å². The van der Waals surface area contributed by atoms with Crippen LogP contribution in [-0.2, 0) is 11.3 Å². The van der Waals surface area contributed by atoms with Crippen LogP contribution in [0.1, 0.15) is 59.6 Å². The number of nitrogens with one attached hydrogen (secondary N) is 1. The van der Waals surface area contributed by atoms with Gasteiger partial charge in [-0.1, -0.05) is 53.5 Å². The number of carbonyl (C=O) groups excluding carboxylic acids is 1. The van der Waals surface area contributed by atoms with Gasteiger partial charge in [0.15, 0.2) is 0 Å². The lowest BCUT2D eigenvalue weighted by atomic mass is 9.77. The number of fused-ring (bicyclic) bond motifs is 1. The molecule has 2 aromatic heterocycles.